The predicted octanol–water partition coefficient (Wildman–Crippen LogP) is 6.21. The van der Waals surface area contributed by atoms with Crippen molar-refractivity contribution in [2.45, 2.75) is 33.7 Å². The number of piperazine rings is 1. The zero-order chi connectivity index (χ0) is 26.8. The number of carbonyl (C=O) groups excluding carboxylic acids is 2. The van der Waals surface area contributed by atoms with Crippen LogP contribution in [0.1, 0.15) is 43.2 Å². The van der Waals surface area contributed by atoms with Crippen molar-refractivity contribution < 1.29 is 9.59 Å². The van der Waals surface area contributed by atoms with Crippen molar-refractivity contribution in [2.24, 2.45) is 5.92 Å². The van der Waals surface area contributed by atoms with Gasteiger partial charge in [-0.05, 0) is 48.2 Å². The molecule has 0 N–H and O–H groups in total. The molecule has 7 heteroatoms. The highest BCUT2D eigenvalue weighted by Crippen LogP contribution is 2.30. The number of hydrogen-bond acceptors (Lipinski definition) is 4. The molecule has 2 aromatic heterocycles. The van der Waals surface area contributed by atoms with Crippen LogP contribution in [-0.2, 0) is 11.3 Å². The van der Waals surface area contributed by atoms with Crippen molar-refractivity contribution in [3.8, 4) is 22.4 Å². The molecule has 0 atom stereocenters. The smallest absolute Gasteiger partial charge is 0.222 e. The number of aromatic nitrogens is 2. The van der Waals surface area contributed by atoms with Gasteiger partial charge in [-0.1, -0.05) is 61.8 Å². The van der Waals surface area contributed by atoms with Crippen LogP contribution >= 0.6 is 11.6 Å². The van der Waals surface area contributed by atoms with E-state index in [1.807, 2.05) is 59.5 Å². The Hall–Kier alpha value is -3.48. The molecule has 0 radical (unpaired) electrons. The average molecular weight is 529 g/mol. The van der Waals surface area contributed by atoms with Gasteiger partial charge in [-0.15, -0.1) is 0 Å². The molecule has 1 fully saturated rings. The number of rotatable bonds is 7. The minimum Gasteiger partial charge on any atom is -0.340 e. The van der Waals surface area contributed by atoms with Crippen molar-refractivity contribution in [2.75, 3.05) is 26.2 Å². The monoisotopic (exact) mass is 528 g/mol. The lowest BCUT2D eigenvalue weighted by Crippen LogP contribution is -2.48. The first-order chi connectivity index (χ1) is 18.3. The van der Waals surface area contributed by atoms with E-state index in [1.54, 1.807) is 6.92 Å². The Morgan fingerprint density at radius 1 is 0.868 bits per heavy atom. The minimum absolute atomic E-state index is 0.0579. The molecule has 1 amide bonds. The van der Waals surface area contributed by atoms with E-state index in [4.69, 9.17) is 16.6 Å². The molecule has 1 aliphatic rings. The van der Waals surface area contributed by atoms with Crippen LogP contribution in [-0.4, -0.2) is 57.1 Å². The maximum atomic E-state index is 12.6. The van der Waals surface area contributed by atoms with Gasteiger partial charge < -0.3 is 9.30 Å². The highest BCUT2D eigenvalue weighted by molar-refractivity contribution is 6.30. The van der Waals surface area contributed by atoms with Crippen LogP contribution in [0.3, 0.4) is 0 Å². The number of benzene rings is 2. The van der Waals surface area contributed by atoms with E-state index in [1.165, 1.54) is 0 Å². The summed E-state index contributed by atoms with van der Waals surface area (Å²) >= 11 is 6.18. The fraction of sp³-hybridized carbons (Fsp3) is 0.323. The Balaban J connectivity index is 1.47. The summed E-state index contributed by atoms with van der Waals surface area (Å²) in [6.45, 7) is 9.60. The Morgan fingerprint density at radius 3 is 2.13 bits per heavy atom. The summed E-state index contributed by atoms with van der Waals surface area (Å²) in [6, 6.07) is 19.6. The molecule has 0 aliphatic carbocycles. The zero-order valence-electron chi connectivity index (χ0n) is 22.2. The van der Waals surface area contributed by atoms with Crippen LogP contribution < -0.4 is 0 Å². The van der Waals surface area contributed by atoms with Crippen LogP contribution in [0.2, 0.25) is 5.02 Å². The number of imidazole rings is 1. The lowest BCUT2D eigenvalue weighted by atomic mass is 10.0. The number of hydrogen-bond donors (Lipinski definition) is 0. The van der Waals surface area contributed by atoms with Gasteiger partial charge in [-0.2, -0.15) is 0 Å². The van der Waals surface area contributed by atoms with E-state index >= 15 is 0 Å². The molecule has 1 aliphatic heterocycles. The molecule has 4 aromatic rings. The van der Waals surface area contributed by atoms with Crippen molar-refractivity contribution >= 4 is 28.9 Å². The normalized spacial score (nSPS) is 14.4. The standard InChI is InChI=1S/C31H33ClN4O2/c1-21(2)18-30(38)35-16-14-34(15-17-35)20-28-31(25-8-11-27(32)12-9-25)33-29-13-10-26(19-36(28)29)24-6-4-23(5-7-24)22(3)37/h4-13,19,21H,14-18,20H2,1-3H3. The molecular formula is C31H33ClN4O2. The third kappa shape index (κ3) is 5.66. The van der Waals surface area contributed by atoms with Gasteiger partial charge in [-0.25, -0.2) is 4.98 Å². The van der Waals surface area contributed by atoms with Crippen LogP contribution in [0.4, 0.5) is 0 Å². The summed E-state index contributed by atoms with van der Waals surface area (Å²) in [6.07, 6.45) is 2.73. The lowest BCUT2D eigenvalue weighted by Gasteiger charge is -2.35. The second-order valence-corrected chi connectivity index (χ2v) is 10.9. The first-order valence-corrected chi connectivity index (χ1v) is 13.5. The molecule has 0 spiro atoms. The molecule has 196 valence electrons. The summed E-state index contributed by atoms with van der Waals surface area (Å²) < 4.78 is 2.18. The lowest BCUT2D eigenvalue weighted by molar-refractivity contribution is -0.133. The Bertz CT molecular complexity index is 1450. The maximum absolute atomic E-state index is 12.6. The van der Waals surface area contributed by atoms with Crippen molar-refractivity contribution in [1.29, 1.82) is 0 Å². The number of ketones is 1. The van der Waals surface area contributed by atoms with Gasteiger partial charge in [0.15, 0.2) is 5.78 Å². The van der Waals surface area contributed by atoms with Crippen LogP contribution in [0.5, 0.6) is 0 Å². The van der Waals surface area contributed by atoms with E-state index in [0.717, 1.165) is 66.4 Å². The van der Waals surface area contributed by atoms with Crippen molar-refractivity contribution in [3.63, 3.8) is 0 Å². The van der Waals surface area contributed by atoms with Gasteiger partial charge in [0.25, 0.3) is 0 Å². The summed E-state index contributed by atoms with van der Waals surface area (Å²) in [5.74, 6) is 0.674. The highest BCUT2D eigenvalue weighted by atomic mass is 35.5. The molecule has 0 saturated carbocycles. The SMILES string of the molecule is CC(=O)c1ccc(-c2ccc3nc(-c4ccc(Cl)cc4)c(CN4CCN(C(=O)CC(C)C)CC4)n3c2)cc1. The number of nitrogens with zero attached hydrogens (tertiary/aromatic N) is 4. The minimum atomic E-state index is 0.0579. The highest BCUT2D eigenvalue weighted by Gasteiger charge is 2.24. The second kappa shape index (κ2) is 11.1. The third-order valence-corrected chi connectivity index (χ3v) is 7.39. The van der Waals surface area contributed by atoms with Crippen LogP contribution in [0, 0.1) is 5.92 Å². The summed E-state index contributed by atoms with van der Waals surface area (Å²) in [5, 5.41) is 0.692. The van der Waals surface area contributed by atoms with Gasteiger partial charge in [0, 0.05) is 61.5 Å². The predicted molar refractivity (Wildman–Crippen MR) is 152 cm³/mol. The number of pyridine rings is 1. The Morgan fingerprint density at radius 2 is 1.50 bits per heavy atom. The van der Waals surface area contributed by atoms with Crippen LogP contribution in [0.15, 0.2) is 66.9 Å². The summed E-state index contributed by atoms with van der Waals surface area (Å²) in [5.41, 5.74) is 6.73. The number of carbonyl (C=O) groups is 2. The third-order valence-electron chi connectivity index (χ3n) is 7.14. The second-order valence-electron chi connectivity index (χ2n) is 10.4. The average Bonchev–Trinajstić information content (AvgIpc) is 3.26. The topological polar surface area (TPSA) is 57.9 Å². The molecule has 1 saturated heterocycles. The summed E-state index contributed by atoms with van der Waals surface area (Å²) in [7, 11) is 0. The van der Waals surface area contributed by atoms with Gasteiger partial charge in [-0.3, -0.25) is 14.5 Å². The largest absolute Gasteiger partial charge is 0.340 e. The first-order valence-electron chi connectivity index (χ1n) is 13.2. The fourth-order valence-electron chi connectivity index (χ4n) is 5.00. The molecule has 38 heavy (non-hydrogen) atoms. The molecule has 5 rings (SSSR count). The van der Waals surface area contributed by atoms with Gasteiger partial charge >= 0.3 is 0 Å². The van der Waals surface area contributed by atoms with Gasteiger partial charge in [0.2, 0.25) is 5.91 Å². The van der Waals surface area contributed by atoms with Crippen molar-refractivity contribution in [3.05, 3.63) is 83.1 Å². The Kier molecular flexibility index (Phi) is 7.63. The van der Waals surface area contributed by atoms with E-state index in [-0.39, 0.29) is 11.7 Å². The molecular weight excluding hydrogens is 496 g/mol. The zero-order valence-corrected chi connectivity index (χ0v) is 22.9. The Labute approximate surface area is 228 Å². The first kappa shape index (κ1) is 26.1. The van der Waals surface area contributed by atoms with E-state index in [9.17, 15) is 9.59 Å². The molecule has 0 unspecified atom stereocenters. The maximum Gasteiger partial charge on any atom is 0.222 e. The number of Topliss-reactive ketones (excluding diaryl/α,β-unsaturated/α-hetero) is 1. The number of halogens is 1. The van der Waals surface area contributed by atoms with Crippen molar-refractivity contribution in [1.82, 2.24) is 19.2 Å². The van der Waals surface area contributed by atoms with E-state index < -0.39 is 0 Å². The van der Waals surface area contributed by atoms with Crippen LogP contribution in [0.25, 0.3) is 28.0 Å². The molecule has 2 aromatic carbocycles. The van der Waals surface area contributed by atoms with E-state index in [2.05, 4.69) is 35.4 Å². The number of fused-ring (bicyclic) bond motifs is 1. The molecule has 0 bridgehead atoms. The fourth-order valence-corrected chi connectivity index (χ4v) is 5.12. The van der Waals surface area contributed by atoms with Gasteiger partial charge in [0.05, 0.1) is 11.4 Å². The van der Waals surface area contributed by atoms with Gasteiger partial charge in [0.1, 0.15) is 5.65 Å². The number of amides is 1. The summed E-state index contributed by atoms with van der Waals surface area (Å²) in [4.78, 5) is 33.7. The van der Waals surface area contributed by atoms with E-state index in [0.29, 0.717) is 22.9 Å². The quantitative estimate of drug-likeness (QED) is 0.267. The molecule has 6 nitrogen and oxygen atoms in total. The molecule has 3 heterocycles.